The van der Waals surface area contributed by atoms with Gasteiger partial charge in [0.1, 0.15) is 6.61 Å². The summed E-state index contributed by atoms with van der Waals surface area (Å²) in [6.07, 6.45) is 7.96. The minimum absolute atomic E-state index is 0.641. The van der Waals surface area contributed by atoms with Gasteiger partial charge in [-0.1, -0.05) is 12.1 Å². The van der Waals surface area contributed by atoms with Crippen molar-refractivity contribution in [1.82, 2.24) is 14.9 Å². The van der Waals surface area contributed by atoms with Crippen LogP contribution in [0.5, 0.6) is 11.5 Å². The van der Waals surface area contributed by atoms with E-state index in [1.807, 2.05) is 43.0 Å². The second-order valence-electron chi connectivity index (χ2n) is 4.76. The van der Waals surface area contributed by atoms with Crippen molar-refractivity contribution < 1.29 is 9.47 Å². The molecular formula is C16H23N3O2. The van der Waals surface area contributed by atoms with Gasteiger partial charge in [0.05, 0.1) is 13.4 Å². The lowest BCUT2D eigenvalue weighted by Gasteiger charge is -2.10. The van der Waals surface area contributed by atoms with Gasteiger partial charge < -0.3 is 19.4 Å². The van der Waals surface area contributed by atoms with Crippen molar-refractivity contribution in [3.05, 3.63) is 43.0 Å². The van der Waals surface area contributed by atoms with Crippen molar-refractivity contribution >= 4 is 0 Å². The maximum atomic E-state index is 5.69. The van der Waals surface area contributed by atoms with Crippen LogP contribution >= 0.6 is 0 Å². The van der Waals surface area contributed by atoms with Crippen LogP contribution in [0, 0.1) is 0 Å². The lowest BCUT2D eigenvalue weighted by atomic mass is 10.3. The van der Waals surface area contributed by atoms with E-state index in [1.54, 1.807) is 7.11 Å². The number of nitrogens with one attached hydrogen (secondary N) is 1. The highest BCUT2D eigenvalue weighted by Crippen LogP contribution is 2.25. The number of para-hydroxylation sites is 2. The van der Waals surface area contributed by atoms with Gasteiger partial charge in [0.2, 0.25) is 0 Å². The molecule has 114 valence electrons. The molecule has 0 aliphatic rings. The van der Waals surface area contributed by atoms with Crippen LogP contribution in [0.2, 0.25) is 0 Å². The van der Waals surface area contributed by atoms with E-state index in [0.29, 0.717) is 6.61 Å². The number of hydrogen-bond acceptors (Lipinski definition) is 4. The highest BCUT2D eigenvalue weighted by atomic mass is 16.5. The Balaban J connectivity index is 1.50. The summed E-state index contributed by atoms with van der Waals surface area (Å²) in [5, 5.41) is 3.38. The van der Waals surface area contributed by atoms with Crippen LogP contribution in [-0.2, 0) is 6.54 Å². The van der Waals surface area contributed by atoms with E-state index in [1.165, 1.54) is 0 Å². The fraction of sp³-hybridized carbons (Fsp3) is 0.438. The number of imidazole rings is 1. The van der Waals surface area contributed by atoms with Crippen molar-refractivity contribution in [2.24, 2.45) is 0 Å². The number of ether oxygens (including phenoxy) is 2. The van der Waals surface area contributed by atoms with Gasteiger partial charge in [-0.15, -0.1) is 0 Å². The lowest BCUT2D eigenvalue weighted by molar-refractivity contribution is 0.292. The summed E-state index contributed by atoms with van der Waals surface area (Å²) in [5.41, 5.74) is 0. The summed E-state index contributed by atoms with van der Waals surface area (Å²) < 4.78 is 13.0. The molecule has 0 fully saturated rings. The number of benzene rings is 1. The summed E-state index contributed by atoms with van der Waals surface area (Å²) in [6.45, 7) is 3.51. The molecular weight excluding hydrogens is 266 g/mol. The molecule has 0 unspecified atom stereocenters. The molecule has 0 amide bonds. The number of aryl methyl sites for hydroxylation is 1. The second-order valence-corrected chi connectivity index (χ2v) is 4.76. The Bertz CT molecular complexity index is 500. The van der Waals surface area contributed by atoms with E-state index in [2.05, 4.69) is 14.9 Å². The highest BCUT2D eigenvalue weighted by molar-refractivity contribution is 5.39. The number of unbranched alkanes of at least 4 members (excludes halogenated alkanes) is 1. The predicted octanol–water partition coefficient (Wildman–Crippen LogP) is 2.34. The van der Waals surface area contributed by atoms with Gasteiger partial charge in [-0.05, 0) is 31.5 Å². The SMILES string of the molecule is COc1ccccc1OCCNCCCCn1ccnc1. The number of methoxy groups -OCH3 is 1. The molecule has 1 aromatic heterocycles. The average Bonchev–Trinajstić information content (AvgIpc) is 3.03. The number of aromatic nitrogens is 2. The van der Waals surface area contributed by atoms with Crippen LogP contribution in [0.3, 0.4) is 0 Å². The van der Waals surface area contributed by atoms with Gasteiger partial charge in [-0.2, -0.15) is 0 Å². The van der Waals surface area contributed by atoms with Gasteiger partial charge in [-0.25, -0.2) is 4.98 Å². The molecule has 0 saturated heterocycles. The molecule has 2 rings (SSSR count). The monoisotopic (exact) mass is 289 g/mol. The zero-order chi connectivity index (χ0) is 14.8. The molecule has 5 heteroatoms. The zero-order valence-electron chi connectivity index (χ0n) is 12.5. The van der Waals surface area contributed by atoms with Crippen molar-refractivity contribution in [3.63, 3.8) is 0 Å². The van der Waals surface area contributed by atoms with E-state index in [0.717, 1.165) is 44.0 Å². The molecule has 0 bridgehead atoms. The Hall–Kier alpha value is -2.01. The Kier molecular flexibility index (Phi) is 6.61. The van der Waals surface area contributed by atoms with Crippen molar-refractivity contribution in [2.75, 3.05) is 26.8 Å². The van der Waals surface area contributed by atoms with Gasteiger partial charge in [0.25, 0.3) is 0 Å². The molecule has 1 heterocycles. The van der Waals surface area contributed by atoms with Crippen LogP contribution in [0.15, 0.2) is 43.0 Å². The molecule has 1 N–H and O–H groups in total. The van der Waals surface area contributed by atoms with Crippen LogP contribution in [0.25, 0.3) is 0 Å². The fourth-order valence-corrected chi connectivity index (χ4v) is 2.06. The first-order valence-electron chi connectivity index (χ1n) is 7.32. The molecule has 0 aliphatic carbocycles. The average molecular weight is 289 g/mol. The molecule has 0 spiro atoms. The predicted molar refractivity (Wildman–Crippen MR) is 82.8 cm³/mol. The van der Waals surface area contributed by atoms with E-state index in [4.69, 9.17) is 9.47 Å². The van der Waals surface area contributed by atoms with Crippen LogP contribution in [-0.4, -0.2) is 36.4 Å². The second kappa shape index (κ2) is 9.02. The summed E-state index contributed by atoms with van der Waals surface area (Å²) in [4.78, 5) is 4.03. The number of nitrogens with zero attached hydrogens (tertiary/aromatic N) is 2. The molecule has 0 radical (unpaired) electrons. The van der Waals surface area contributed by atoms with Gasteiger partial charge >= 0.3 is 0 Å². The zero-order valence-corrected chi connectivity index (χ0v) is 12.5. The minimum Gasteiger partial charge on any atom is -0.493 e. The van der Waals surface area contributed by atoms with Crippen molar-refractivity contribution in [2.45, 2.75) is 19.4 Å². The van der Waals surface area contributed by atoms with Crippen LogP contribution < -0.4 is 14.8 Å². The normalized spacial score (nSPS) is 10.5. The van der Waals surface area contributed by atoms with Crippen LogP contribution in [0.4, 0.5) is 0 Å². The van der Waals surface area contributed by atoms with Crippen molar-refractivity contribution in [3.8, 4) is 11.5 Å². The van der Waals surface area contributed by atoms with Crippen LogP contribution in [0.1, 0.15) is 12.8 Å². The first-order valence-corrected chi connectivity index (χ1v) is 7.32. The van der Waals surface area contributed by atoms with Crippen molar-refractivity contribution in [1.29, 1.82) is 0 Å². The third-order valence-corrected chi connectivity index (χ3v) is 3.18. The molecule has 0 aliphatic heterocycles. The summed E-state index contributed by atoms with van der Waals surface area (Å²) in [7, 11) is 1.65. The first-order chi connectivity index (χ1) is 10.4. The first kappa shape index (κ1) is 15.4. The maximum absolute atomic E-state index is 5.69. The van der Waals surface area contributed by atoms with Gasteiger partial charge in [-0.3, -0.25) is 0 Å². The van der Waals surface area contributed by atoms with E-state index < -0.39 is 0 Å². The number of rotatable bonds is 10. The largest absolute Gasteiger partial charge is 0.493 e. The van der Waals surface area contributed by atoms with E-state index in [9.17, 15) is 0 Å². The maximum Gasteiger partial charge on any atom is 0.161 e. The number of hydrogen-bond donors (Lipinski definition) is 1. The summed E-state index contributed by atoms with van der Waals surface area (Å²) in [6, 6.07) is 7.70. The Morgan fingerprint density at radius 1 is 1.14 bits per heavy atom. The molecule has 0 atom stereocenters. The topological polar surface area (TPSA) is 48.3 Å². The molecule has 0 saturated carbocycles. The molecule has 5 nitrogen and oxygen atoms in total. The van der Waals surface area contributed by atoms with Gasteiger partial charge in [0.15, 0.2) is 11.5 Å². The quantitative estimate of drug-likeness (QED) is 0.682. The minimum atomic E-state index is 0.641. The smallest absolute Gasteiger partial charge is 0.161 e. The lowest BCUT2D eigenvalue weighted by Crippen LogP contribution is -2.22. The third-order valence-electron chi connectivity index (χ3n) is 3.18. The fourth-order valence-electron chi connectivity index (χ4n) is 2.06. The molecule has 21 heavy (non-hydrogen) atoms. The molecule has 2 aromatic rings. The van der Waals surface area contributed by atoms with Gasteiger partial charge in [0, 0.05) is 25.5 Å². The summed E-state index contributed by atoms with van der Waals surface area (Å²) >= 11 is 0. The highest BCUT2D eigenvalue weighted by Gasteiger charge is 2.01. The van der Waals surface area contributed by atoms with E-state index >= 15 is 0 Å². The Labute approximate surface area is 125 Å². The Morgan fingerprint density at radius 3 is 2.76 bits per heavy atom. The third kappa shape index (κ3) is 5.47. The standard InChI is InChI=1S/C16H23N3O2/c1-20-15-6-2-3-7-16(15)21-13-10-17-8-4-5-11-19-12-9-18-14-19/h2-3,6-7,9,12,14,17H,4-5,8,10-11,13H2,1H3. The molecule has 1 aromatic carbocycles. The van der Waals surface area contributed by atoms with E-state index in [-0.39, 0.29) is 0 Å². The Morgan fingerprint density at radius 2 is 2.00 bits per heavy atom. The summed E-state index contributed by atoms with van der Waals surface area (Å²) in [5.74, 6) is 1.57.